The molecule has 0 radical (unpaired) electrons. The summed E-state index contributed by atoms with van der Waals surface area (Å²) in [5.74, 6) is 0.192. The van der Waals surface area contributed by atoms with Gasteiger partial charge in [-0.3, -0.25) is 0 Å². The second-order valence-electron chi connectivity index (χ2n) is 5.65. The molecule has 18 heavy (non-hydrogen) atoms. The standard InChI is InChI=1S/C16H20O2/c1-11-10-14(16(3,4)12(11)2)18-15(17)13-8-6-5-7-9-13/h5-10,12,14H,1-4H3. The first-order valence-electron chi connectivity index (χ1n) is 6.37. The van der Waals surface area contributed by atoms with Crippen LogP contribution in [0.2, 0.25) is 0 Å². The first-order chi connectivity index (χ1) is 8.43. The van der Waals surface area contributed by atoms with Gasteiger partial charge in [0.2, 0.25) is 0 Å². The first-order valence-corrected chi connectivity index (χ1v) is 6.37. The van der Waals surface area contributed by atoms with Crippen LogP contribution in [0, 0.1) is 11.3 Å². The second-order valence-corrected chi connectivity index (χ2v) is 5.65. The summed E-state index contributed by atoms with van der Waals surface area (Å²) >= 11 is 0. The number of carbonyl (C=O) groups is 1. The number of hydrogen-bond acceptors (Lipinski definition) is 2. The molecule has 0 spiro atoms. The molecule has 0 amide bonds. The van der Waals surface area contributed by atoms with Crippen LogP contribution in [0.15, 0.2) is 42.0 Å². The molecule has 0 heterocycles. The van der Waals surface area contributed by atoms with Crippen molar-refractivity contribution in [1.29, 1.82) is 0 Å². The van der Waals surface area contributed by atoms with Gasteiger partial charge < -0.3 is 4.74 Å². The number of allylic oxidation sites excluding steroid dienone is 1. The third-order valence-corrected chi connectivity index (χ3v) is 4.19. The van der Waals surface area contributed by atoms with Crippen molar-refractivity contribution >= 4 is 5.97 Å². The van der Waals surface area contributed by atoms with Crippen molar-refractivity contribution in [1.82, 2.24) is 0 Å². The normalized spacial score (nSPS) is 25.7. The summed E-state index contributed by atoms with van der Waals surface area (Å²) in [4.78, 5) is 12.1. The SMILES string of the molecule is CC1=CC(OC(=O)c2ccccc2)C(C)(C)C1C. The van der Waals surface area contributed by atoms with Crippen molar-refractivity contribution in [2.24, 2.45) is 11.3 Å². The average molecular weight is 244 g/mol. The molecule has 0 aliphatic heterocycles. The minimum Gasteiger partial charge on any atom is -0.454 e. The Kier molecular flexibility index (Phi) is 3.29. The van der Waals surface area contributed by atoms with E-state index >= 15 is 0 Å². The quantitative estimate of drug-likeness (QED) is 0.583. The van der Waals surface area contributed by atoms with Gasteiger partial charge >= 0.3 is 5.97 Å². The molecule has 2 nitrogen and oxygen atoms in total. The van der Waals surface area contributed by atoms with Crippen molar-refractivity contribution in [3.8, 4) is 0 Å². The fourth-order valence-electron chi connectivity index (χ4n) is 2.37. The van der Waals surface area contributed by atoms with E-state index in [2.05, 4.69) is 33.8 Å². The Balaban J connectivity index is 2.14. The molecule has 0 N–H and O–H groups in total. The molecule has 1 aromatic rings. The molecule has 0 saturated carbocycles. The van der Waals surface area contributed by atoms with Gasteiger partial charge in [0.25, 0.3) is 0 Å². The lowest BCUT2D eigenvalue weighted by atomic mass is 9.78. The van der Waals surface area contributed by atoms with E-state index in [1.807, 2.05) is 18.2 Å². The number of carbonyl (C=O) groups excluding carboxylic acids is 1. The van der Waals surface area contributed by atoms with E-state index in [4.69, 9.17) is 4.74 Å². The molecule has 0 saturated heterocycles. The van der Waals surface area contributed by atoms with E-state index < -0.39 is 0 Å². The molecule has 96 valence electrons. The van der Waals surface area contributed by atoms with E-state index in [0.29, 0.717) is 11.5 Å². The monoisotopic (exact) mass is 244 g/mol. The van der Waals surface area contributed by atoms with Gasteiger partial charge in [-0.1, -0.05) is 44.5 Å². The van der Waals surface area contributed by atoms with Gasteiger partial charge in [-0.05, 0) is 31.1 Å². The third-order valence-electron chi connectivity index (χ3n) is 4.19. The third kappa shape index (κ3) is 2.20. The van der Waals surface area contributed by atoms with Crippen molar-refractivity contribution in [3.63, 3.8) is 0 Å². The molecule has 2 rings (SSSR count). The molecule has 0 bridgehead atoms. The van der Waals surface area contributed by atoms with E-state index in [0.717, 1.165) is 0 Å². The van der Waals surface area contributed by atoms with Gasteiger partial charge in [0.1, 0.15) is 6.10 Å². The number of rotatable bonds is 2. The van der Waals surface area contributed by atoms with Gasteiger partial charge in [-0.25, -0.2) is 4.79 Å². The largest absolute Gasteiger partial charge is 0.454 e. The highest BCUT2D eigenvalue weighted by molar-refractivity contribution is 5.89. The summed E-state index contributed by atoms with van der Waals surface area (Å²) in [7, 11) is 0. The molecular formula is C16H20O2. The second kappa shape index (κ2) is 4.60. The lowest BCUT2D eigenvalue weighted by Crippen LogP contribution is -2.33. The maximum atomic E-state index is 12.1. The van der Waals surface area contributed by atoms with E-state index in [9.17, 15) is 4.79 Å². The minimum absolute atomic E-state index is 0.0332. The Bertz CT molecular complexity index is 471. The topological polar surface area (TPSA) is 26.3 Å². The molecule has 1 aliphatic rings. The lowest BCUT2D eigenvalue weighted by molar-refractivity contribution is 0.00736. The summed E-state index contributed by atoms with van der Waals surface area (Å²) < 4.78 is 5.64. The van der Waals surface area contributed by atoms with Gasteiger partial charge in [0.05, 0.1) is 5.56 Å². The van der Waals surface area contributed by atoms with Crippen LogP contribution in [0.1, 0.15) is 38.1 Å². The average Bonchev–Trinajstić information content (AvgIpc) is 2.54. The highest BCUT2D eigenvalue weighted by atomic mass is 16.5. The number of ether oxygens (including phenoxy) is 1. The van der Waals surface area contributed by atoms with E-state index in [1.165, 1.54) is 5.57 Å². The summed E-state index contributed by atoms with van der Waals surface area (Å²) in [6, 6.07) is 9.15. The van der Waals surface area contributed by atoms with Crippen LogP contribution in [0.5, 0.6) is 0 Å². The maximum absolute atomic E-state index is 12.1. The zero-order valence-corrected chi connectivity index (χ0v) is 11.4. The van der Waals surface area contributed by atoms with Gasteiger partial charge in [-0.2, -0.15) is 0 Å². The molecule has 2 heteroatoms. The van der Waals surface area contributed by atoms with Crippen molar-refractivity contribution < 1.29 is 9.53 Å². The first kappa shape index (κ1) is 12.9. The fraction of sp³-hybridized carbons (Fsp3) is 0.438. The van der Waals surface area contributed by atoms with Gasteiger partial charge in [-0.15, -0.1) is 0 Å². The Labute approximate surface area is 109 Å². The highest BCUT2D eigenvalue weighted by Gasteiger charge is 2.42. The predicted octanol–water partition coefficient (Wildman–Crippen LogP) is 3.83. The number of benzene rings is 1. The molecule has 1 aliphatic carbocycles. The van der Waals surface area contributed by atoms with Crippen molar-refractivity contribution in [2.75, 3.05) is 0 Å². The molecule has 2 unspecified atom stereocenters. The Morgan fingerprint density at radius 3 is 2.33 bits per heavy atom. The maximum Gasteiger partial charge on any atom is 0.338 e. The van der Waals surface area contributed by atoms with Crippen LogP contribution in [0.25, 0.3) is 0 Å². The smallest absolute Gasteiger partial charge is 0.338 e. The number of esters is 1. The lowest BCUT2D eigenvalue weighted by Gasteiger charge is -2.31. The molecular weight excluding hydrogens is 224 g/mol. The molecule has 0 fully saturated rings. The minimum atomic E-state index is -0.244. The fourth-order valence-corrected chi connectivity index (χ4v) is 2.37. The van der Waals surface area contributed by atoms with Crippen molar-refractivity contribution in [3.05, 3.63) is 47.5 Å². The summed E-state index contributed by atoms with van der Waals surface area (Å²) in [5.41, 5.74) is 1.87. The van der Waals surface area contributed by atoms with E-state index in [1.54, 1.807) is 12.1 Å². The summed E-state index contributed by atoms with van der Waals surface area (Å²) in [6.07, 6.45) is 1.94. The van der Waals surface area contributed by atoms with Crippen LogP contribution < -0.4 is 0 Å². The molecule has 1 aromatic carbocycles. The van der Waals surface area contributed by atoms with Gasteiger partial charge in [0.15, 0.2) is 0 Å². The van der Waals surface area contributed by atoms with Crippen molar-refractivity contribution in [2.45, 2.75) is 33.8 Å². The zero-order chi connectivity index (χ0) is 13.3. The molecule has 2 atom stereocenters. The van der Waals surface area contributed by atoms with Crippen LogP contribution in [0.4, 0.5) is 0 Å². The van der Waals surface area contributed by atoms with Gasteiger partial charge in [0, 0.05) is 5.41 Å². The predicted molar refractivity (Wildman–Crippen MR) is 72.3 cm³/mol. The Morgan fingerprint density at radius 1 is 1.22 bits per heavy atom. The van der Waals surface area contributed by atoms with Crippen LogP contribution >= 0.6 is 0 Å². The van der Waals surface area contributed by atoms with Crippen LogP contribution in [0.3, 0.4) is 0 Å². The Hall–Kier alpha value is -1.57. The zero-order valence-electron chi connectivity index (χ0n) is 11.4. The van der Waals surface area contributed by atoms with Crippen LogP contribution in [-0.4, -0.2) is 12.1 Å². The van der Waals surface area contributed by atoms with Crippen LogP contribution in [-0.2, 0) is 4.74 Å². The van der Waals surface area contributed by atoms with E-state index in [-0.39, 0.29) is 17.5 Å². The molecule has 0 aromatic heterocycles. The summed E-state index contributed by atoms with van der Waals surface area (Å²) in [5, 5.41) is 0. The summed E-state index contributed by atoms with van der Waals surface area (Å²) in [6.45, 7) is 8.58. The Morgan fingerprint density at radius 2 is 1.83 bits per heavy atom. The highest BCUT2D eigenvalue weighted by Crippen LogP contribution is 2.43. The number of hydrogen-bond donors (Lipinski definition) is 0.